The molecule has 0 aliphatic rings. The van der Waals surface area contributed by atoms with Crippen molar-refractivity contribution in [1.29, 1.82) is 0 Å². The summed E-state index contributed by atoms with van der Waals surface area (Å²) in [5.41, 5.74) is -0.533. The third kappa shape index (κ3) is 5.02. The van der Waals surface area contributed by atoms with Crippen LogP contribution < -0.4 is 15.4 Å². The Labute approximate surface area is 202 Å². The van der Waals surface area contributed by atoms with E-state index in [1.165, 1.54) is 25.3 Å². The Balaban J connectivity index is 1.62. The van der Waals surface area contributed by atoms with Crippen LogP contribution >= 0.6 is 0 Å². The molecule has 0 atom stereocenters. The zero-order valence-corrected chi connectivity index (χ0v) is 19.0. The van der Waals surface area contributed by atoms with E-state index in [0.717, 1.165) is 6.20 Å². The predicted octanol–water partition coefficient (Wildman–Crippen LogP) is 4.50. The Morgan fingerprint density at radius 2 is 1.56 bits per heavy atom. The largest absolute Gasteiger partial charge is 0.480 e. The second kappa shape index (κ2) is 9.86. The van der Waals surface area contributed by atoms with Gasteiger partial charge in [-0.25, -0.2) is 4.68 Å². The van der Waals surface area contributed by atoms with Crippen LogP contribution in [0, 0.1) is 6.92 Å². The van der Waals surface area contributed by atoms with Crippen molar-refractivity contribution in [2.45, 2.75) is 13.1 Å². The van der Waals surface area contributed by atoms with Gasteiger partial charge < -0.3 is 15.4 Å². The molecule has 0 saturated carbocycles. The van der Waals surface area contributed by atoms with Gasteiger partial charge in [-0.05, 0) is 42.8 Å². The Kier molecular flexibility index (Phi) is 6.68. The number of methoxy groups -OCH3 is 1. The molecule has 4 aromatic rings. The summed E-state index contributed by atoms with van der Waals surface area (Å²) in [7, 11) is 1.34. The first-order chi connectivity index (χ1) is 17.2. The first-order valence-corrected chi connectivity index (χ1v) is 10.5. The number of ether oxygens (including phenoxy) is 1. The summed E-state index contributed by atoms with van der Waals surface area (Å²) in [5.74, 6) is -1.55. The first kappa shape index (κ1) is 24.4. The number of nitrogens with one attached hydrogen (secondary N) is 2. The molecule has 0 aliphatic carbocycles. The van der Waals surface area contributed by atoms with Crippen LogP contribution in [0.1, 0.15) is 32.0 Å². The number of carbonyl (C=O) groups excluding carboxylic acids is 2. The molecule has 0 saturated heterocycles. The fourth-order valence-electron chi connectivity index (χ4n) is 3.38. The average molecular weight is 496 g/mol. The SMILES string of the molecule is COc1ccc(-n2ncc(C(=O)Nc3cccc(NC(=O)c4ccccc4)c3C)c2C(F)(F)F)nn1. The summed E-state index contributed by atoms with van der Waals surface area (Å²) in [6.07, 6.45) is -4.12. The van der Waals surface area contributed by atoms with Gasteiger partial charge in [0.05, 0.1) is 18.9 Å². The molecule has 4 rings (SSSR count). The number of amides is 2. The molecule has 0 unspecified atom stereocenters. The molecule has 12 heteroatoms. The van der Waals surface area contributed by atoms with E-state index in [1.54, 1.807) is 49.4 Å². The third-order valence-corrected chi connectivity index (χ3v) is 5.20. The molecule has 2 aromatic heterocycles. The van der Waals surface area contributed by atoms with Crippen LogP contribution in [0.4, 0.5) is 24.5 Å². The summed E-state index contributed by atoms with van der Waals surface area (Å²) in [5, 5.41) is 16.3. The van der Waals surface area contributed by atoms with Crippen LogP contribution in [-0.4, -0.2) is 38.9 Å². The molecule has 0 aliphatic heterocycles. The molecule has 0 fully saturated rings. The van der Waals surface area contributed by atoms with Crippen molar-refractivity contribution in [2.24, 2.45) is 0 Å². The minimum Gasteiger partial charge on any atom is -0.480 e. The van der Waals surface area contributed by atoms with E-state index in [1.807, 2.05) is 0 Å². The summed E-state index contributed by atoms with van der Waals surface area (Å²) in [6, 6.07) is 15.7. The van der Waals surface area contributed by atoms with Gasteiger partial charge >= 0.3 is 6.18 Å². The van der Waals surface area contributed by atoms with E-state index in [-0.39, 0.29) is 23.3 Å². The van der Waals surface area contributed by atoms with Gasteiger partial charge in [-0.1, -0.05) is 24.3 Å². The van der Waals surface area contributed by atoms with E-state index in [4.69, 9.17) is 4.74 Å². The molecule has 2 N–H and O–H groups in total. The number of nitrogens with zero attached hydrogens (tertiary/aromatic N) is 4. The lowest BCUT2D eigenvalue weighted by Crippen LogP contribution is -2.21. The lowest BCUT2D eigenvalue weighted by Gasteiger charge is -2.15. The number of alkyl halides is 3. The summed E-state index contributed by atoms with van der Waals surface area (Å²) >= 11 is 0. The average Bonchev–Trinajstić information content (AvgIpc) is 3.33. The van der Waals surface area contributed by atoms with E-state index in [9.17, 15) is 22.8 Å². The normalized spacial score (nSPS) is 11.1. The van der Waals surface area contributed by atoms with Crippen LogP contribution in [-0.2, 0) is 6.18 Å². The number of hydrogen-bond donors (Lipinski definition) is 2. The molecular formula is C24H19F3N6O3. The fourth-order valence-corrected chi connectivity index (χ4v) is 3.38. The van der Waals surface area contributed by atoms with Crippen molar-refractivity contribution in [3.63, 3.8) is 0 Å². The van der Waals surface area contributed by atoms with Gasteiger partial charge in [-0.2, -0.15) is 18.3 Å². The Hall–Kier alpha value is -4.74. The van der Waals surface area contributed by atoms with Gasteiger partial charge in [0.1, 0.15) is 0 Å². The highest BCUT2D eigenvalue weighted by atomic mass is 19.4. The molecule has 184 valence electrons. The smallest absolute Gasteiger partial charge is 0.434 e. The van der Waals surface area contributed by atoms with Gasteiger partial charge in [-0.3, -0.25) is 9.59 Å². The number of benzene rings is 2. The standard InChI is InChI=1S/C24H19F3N6O3/c1-14-17(29-22(34)15-7-4-3-5-8-15)9-6-10-18(14)30-23(35)16-13-28-33(21(16)24(25,26)27)19-11-12-20(36-2)32-31-19/h3-13H,1-2H3,(H,29,34)(H,30,35). The number of carbonyl (C=O) groups is 2. The molecule has 9 nitrogen and oxygen atoms in total. The molecule has 2 heterocycles. The highest BCUT2D eigenvalue weighted by Crippen LogP contribution is 2.34. The van der Waals surface area contributed by atoms with Crippen molar-refractivity contribution in [2.75, 3.05) is 17.7 Å². The third-order valence-electron chi connectivity index (χ3n) is 5.20. The number of halogens is 3. The van der Waals surface area contributed by atoms with Gasteiger partial charge in [0, 0.05) is 23.0 Å². The first-order valence-electron chi connectivity index (χ1n) is 10.5. The van der Waals surface area contributed by atoms with Crippen molar-refractivity contribution in [3.05, 3.63) is 89.2 Å². The molecule has 0 spiro atoms. The van der Waals surface area contributed by atoms with E-state index in [0.29, 0.717) is 21.5 Å². The van der Waals surface area contributed by atoms with Gasteiger partial charge in [0.25, 0.3) is 11.8 Å². The number of aromatic nitrogens is 4. The second-order valence-electron chi connectivity index (χ2n) is 7.50. The molecule has 0 bridgehead atoms. The van der Waals surface area contributed by atoms with Crippen LogP contribution in [0.5, 0.6) is 5.88 Å². The minimum atomic E-state index is -4.93. The monoisotopic (exact) mass is 496 g/mol. The maximum atomic E-state index is 14.0. The van der Waals surface area contributed by atoms with Crippen molar-refractivity contribution < 1.29 is 27.5 Å². The predicted molar refractivity (Wildman–Crippen MR) is 124 cm³/mol. The van der Waals surface area contributed by atoms with Gasteiger partial charge in [0.15, 0.2) is 11.5 Å². The topological polar surface area (TPSA) is 111 Å². The van der Waals surface area contributed by atoms with Gasteiger partial charge in [0.2, 0.25) is 5.88 Å². The van der Waals surface area contributed by atoms with Crippen molar-refractivity contribution in [3.8, 4) is 11.7 Å². The van der Waals surface area contributed by atoms with Gasteiger partial charge in [-0.15, -0.1) is 10.2 Å². The maximum Gasteiger partial charge on any atom is 0.434 e. The lowest BCUT2D eigenvalue weighted by molar-refractivity contribution is -0.143. The summed E-state index contributed by atoms with van der Waals surface area (Å²) in [4.78, 5) is 25.4. The quantitative estimate of drug-likeness (QED) is 0.407. The maximum absolute atomic E-state index is 14.0. The number of anilines is 2. The zero-order valence-electron chi connectivity index (χ0n) is 19.0. The molecule has 36 heavy (non-hydrogen) atoms. The molecule has 2 amide bonds. The lowest BCUT2D eigenvalue weighted by atomic mass is 10.1. The molecule has 2 aromatic carbocycles. The summed E-state index contributed by atoms with van der Waals surface area (Å²) in [6.45, 7) is 1.62. The Bertz CT molecular complexity index is 1400. The Morgan fingerprint density at radius 1 is 0.889 bits per heavy atom. The van der Waals surface area contributed by atoms with Crippen LogP contribution in [0.15, 0.2) is 66.9 Å². The van der Waals surface area contributed by atoms with E-state index >= 15 is 0 Å². The number of rotatable bonds is 6. The molecular weight excluding hydrogens is 477 g/mol. The highest BCUT2D eigenvalue weighted by molar-refractivity contribution is 6.07. The van der Waals surface area contributed by atoms with Crippen LogP contribution in [0.2, 0.25) is 0 Å². The van der Waals surface area contributed by atoms with Crippen molar-refractivity contribution in [1.82, 2.24) is 20.0 Å². The molecule has 0 radical (unpaired) electrons. The minimum absolute atomic E-state index is 0.104. The number of hydrogen-bond acceptors (Lipinski definition) is 6. The highest BCUT2D eigenvalue weighted by Gasteiger charge is 2.41. The zero-order chi connectivity index (χ0) is 25.9. The summed E-state index contributed by atoms with van der Waals surface area (Å²) < 4.78 is 47.2. The van der Waals surface area contributed by atoms with Crippen LogP contribution in [0.25, 0.3) is 5.82 Å². The van der Waals surface area contributed by atoms with Crippen molar-refractivity contribution >= 4 is 23.2 Å². The van der Waals surface area contributed by atoms with Crippen LogP contribution in [0.3, 0.4) is 0 Å². The second-order valence-corrected chi connectivity index (χ2v) is 7.50. The fraction of sp³-hybridized carbons (Fsp3) is 0.125. The van der Waals surface area contributed by atoms with E-state index in [2.05, 4.69) is 25.9 Å². The Morgan fingerprint density at radius 3 is 2.14 bits per heavy atom. The van der Waals surface area contributed by atoms with E-state index < -0.39 is 23.3 Å².